The van der Waals surface area contributed by atoms with Crippen LogP contribution in [0.4, 0.5) is 4.39 Å². The van der Waals surface area contributed by atoms with Crippen LogP contribution < -0.4 is 4.74 Å². The van der Waals surface area contributed by atoms with Crippen molar-refractivity contribution in [3.63, 3.8) is 0 Å². The van der Waals surface area contributed by atoms with Crippen molar-refractivity contribution >= 4 is 26.8 Å². The fourth-order valence-electron chi connectivity index (χ4n) is 2.03. The van der Waals surface area contributed by atoms with Gasteiger partial charge in [-0.05, 0) is 53.2 Å². The van der Waals surface area contributed by atoms with Gasteiger partial charge in [0.25, 0.3) is 0 Å². The van der Waals surface area contributed by atoms with Gasteiger partial charge in [-0.3, -0.25) is 4.98 Å². The number of aromatic nitrogens is 1. The predicted molar refractivity (Wildman–Crippen MR) is 80.7 cm³/mol. The number of hydrogen-bond donors (Lipinski definition) is 0. The Balaban J connectivity index is 2.10. The summed E-state index contributed by atoms with van der Waals surface area (Å²) in [5, 5.41) is 0.925. The van der Waals surface area contributed by atoms with E-state index in [1.54, 1.807) is 6.07 Å². The van der Waals surface area contributed by atoms with E-state index >= 15 is 0 Å². The molecule has 0 aliphatic carbocycles. The maximum atomic E-state index is 13.1. The lowest BCUT2D eigenvalue weighted by Gasteiger charge is -2.11. The molecule has 4 heteroatoms. The Morgan fingerprint density at radius 2 is 1.85 bits per heavy atom. The zero-order valence-corrected chi connectivity index (χ0v) is 12.3. The number of fused-ring (bicyclic) bond motifs is 1. The van der Waals surface area contributed by atoms with Crippen LogP contribution in [-0.2, 0) is 0 Å². The summed E-state index contributed by atoms with van der Waals surface area (Å²) in [6.45, 7) is 1.92. The number of pyridine rings is 1. The van der Waals surface area contributed by atoms with Crippen molar-refractivity contribution in [1.82, 2.24) is 4.98 Å². The zero-order valence-electron chi connectivity index (χ0n) is 10.7. The standard InChI is InChI=1S/C16H11BrFNO/c1-10-8-16(12-4-2-3-5-14(12)19-10)20-15-7-6-11(18)9-13(15)17/h2-9H,1H3. The molecule has 0 saturated carbocycles. The fraction of sp³-hybridized carbons (Fsp3) is 0.0625. The number of benzene rings is 2. The smallest absolute Gasteiger partial charge is 0.141 e. The van der Waals surface area contributed by atoms with Gasteiger partial charge in [0, 0.05) is 17.1 Å². The largest absolute Gasteiger partial charge is 0.455 e. The van der Waals surface area contributed by atoms with E-state index in [1.165, 1.54) is 12.1 Å². The van der Waals surface area contributed by atoms with Crippen LogP contribution in [0.3, 0.4) is 0 Å². The van der Waals surface area contributed by atoms with Crippen LogP contribution in [0.2, 0.25) is 0 Å². The van der Waals surface area contributed by atoms with Crippen molar-refractivity contribution in [1.29, 1.82) is 0 Å². The SMILES string of the molecule is Cc1cc(Oc2ccc(F)cc2Br)c2ccccc2n1. The second-order valence-corrected chi connectivity index (χ2v) is 5.31. The molecule has 0 fully saturated rings. The normalized spacial score (nSPS) is 10.8. The van der Waals surface area contributed by atoms with Gasteiger partial charge in [-0.25, -0.2) is 4.39 Å². The van der Waals surface area contributed by atoms with E-state index in [1.807, 2.05) is 37.3 Å². The molecule has 3 rings (SSSR count). The number of hydrogen-bond acceptors (Lipinski definition) is 2. The molecule has 0 aliphatic heterocycles. The lowest BCUT2D eigenvalue weighted by molar-refractivity contribution is 0.482. The second-order valence-electron chi connectivity index (χ2n) is 4.46. The van der Waals surface area contributed by atoms with Crippen molar-refractivity contribution in [2.24, 2.45) is 0 Å². The third-order valence-electron chi connectivity index (χ3n) is 2.92. The minimum absolute atomic E-state index is 0.306. The van der Waals surface area contributed by atoms with Crippen molar-refractivity contribution < 1.29 is 9.13 Å². The summed E-state index contributed by atoms with van der Waals surface area (Å²) in [6, 6.07) is 14.0. The first-order chi connectivity index (χ1) is 9.63. The lowest BCUT2D eigenvalue weighted by Crippen LogP contribution is -1.91. The quantitative estimate of drug-likeness (QED) is 0.640. The summed E-state index contributed by atoms with van der Waals surface area (Å²) in [4.78, 5) is 4.46. The number of halogens is 2. The molecule has 2 aromatic carbocycles. The molecular weight excluding hydrogens is 321 g/mol. The number of nitrogens with zero attached hydrogens (tertiary/aromatic N) is 1. The summed E-state index contributed by atoms with van der Waals surface area (Å²) in [6.07, 6.45) is 0. The molecule has 0 unspecified atom stereocenters. The first-order valence-electron chi connectivity index (χ1n) is 6.13. The molecule has 1 heterocycles. The van der Waals surface area contributed by atoms with Gasteiger partial charge in [-0.15, -0.1) is 0 Å². The maximum Gasteiger partial charge on any atom is 0.141 e. The van der Waals surface area contributed by atoms with E-state index in [0.717, 1.165) is 16.6 Å². The molecule has 2 nitrogen and oxygen atoms in total. The maximum absolute atomic E-state index is 13.1. The Hall–Kier alpha value is -1.94. The predicted octanol–water partition coefficient (Wildman–Crippen LogP) is 5.24. The van der Waals surface area contributed by atoms with Crippen LogP contribution in [0.15, 0.2) is 53.0 Å². The van der Waals surface area contributed by atoms with E-state index in [2.05, 4.69) is 20.9 Å². The highest BCUT2D eigenvalue weighted by Crippen LogP contribution is 2.34. The van der Waals surface area contributed by atoms with Crippen LogP contribution >= 0.6 is 15.9 Å². The highest BCUT2D eigenvalue weighted by atomic mass is 79.9. The number of aryl methyl sites for hydroxylation is 1. The summed E-state index contributed by atoms with van der Waals surface area (Å²) < 4.78 is 19.6. The van der Waals surface area contributed by atoms with E-state index in [-0.39, 0.29) is 5.82 Å². The molecule has 1 aromatic heterocycles. The van der Waals surface area contributed by atoms with Gasteiger partial charge in [0.15, 0.2) is 0 Å². The minimum atomic E-state index is -0.306. The van der Waals surface area contributed by atoms with Crippen LogP contribution in [0.25, 0.3) is 10.9 Å². The molecule has 100 valence electrons. The molecule has 0 N–H and O–H groups in total. The van der Waals surface area contributed by atoms with Crippen molar-refractivity contribution in [2.75, 3.05) is 0 Å². The average Bonchev–Trinajstić information content (AvgIpc) is 2.41. The molecule has 20 heavy (non-hydrogen) atoms. The van der Waals surface area contributed by atoms with E-state index < -0.39 is 0 Å². The Labute approximate surface area is 124 Å². The second kappa shape index (κ2) is 5.21. The molecule has 0 bridgehead atoms. The molecule has 0 atom stereocenters. The molecule has 0 amide bonds. The van der Waals surface area contributed by atoms with E-state index in [4.69, 9.17) is 4.74 Å². The van der Waals surface area contributed by atoms with Gasteiger partial charge in [0.2, 0.25) is 0 Å². The Morgan fingerprint density at radius 1 is 1.05 bits per heavy atom. The minimum Gasteiger partial charge on any atom is -0.455 e. The van der Waals surface area contributed by atoms with Gasteiger partial charge < -0.3 is 4.74 Å². The lowest BCUT2D eigenvalue weighted by atomic mass is 10.2. The van der Waals surface area contributed by atoms with Crippen molar-refractivity contribution in [3.05, 3.63) is 64.5 Å². The molecule has 3 aromatic rings. The Bertz CT molecular complexity index is 789. The van der Waals surface area contributed by atoms with E-state index in [9.17, 15) is 4.39 Å². The average molecular weight is 332 g/mol. The van der Waals surface area contributed by atoms with Gasteiger partial charge in [0.1, 0.15) is 17.3 Å². The third-order valence-corrected chi connectivity index (χ3v) is 3.54. The number of para-hydroxylation sites is 1. The number of ether oxygens (including phenoxy) is 1. The monoisotopic (exact) mass is 331 g/mol. The van der Waals surface area contributed by atoms with Gasteiger partial charge in [0.05, 0.1) is 9.99 Å². The molecular formula is C16H11BrFNO. The molecule has 0 aliphatic rings. The Morgan fingerprint density at radius 3 is 2.65 bits per heavy atom. The summed E-state index contributed by atoms with van der Waals surface area (Å²) in [7, 11) is 0. The first kappa shape index (κ1) is 13.1. The molecule has 0 saturated heterocycles. The topological polar surface area (TPSA) is 22.1 Å². The highest BCUT2D eigenvalue weighted by Gasteiger charge is 2.08. The van der Waals surface area contributed by atoms with Crippen LogP contribution in [0, 0.1) is 12.7 Å². The van der Waals surface area contributed by atoms with Crippen LogP contribution in [-0.4, -0.2) is 4.98 Å². The molecule has 0 radical (unpaired) electrons. The van der Waals surface area contributed by atoms with E-state index in [0.29, 0.717) is 16.0 Å². The number of rotatable bonds is 2. The third kappa shape index (κ3) is 2.51. The van der Waals surface area contributed by atoms with Crippen LogP contribution in [0.1, 0.15) is 5.69 Å². The Kier molecular flexibility index (Phi) is 3.40. The highest BCUT2D eigenvalue weighted by molar-refractivity contribution is 9.10. The van der Waals surface area contributed by atoms with Gasteiger partial charge >= 0.3 is 0 Å². The fourth-order valence-corrected chi connectivity index (χ4v) is 2.46. The van der Waals surface area contributed by atoms with Crippen molar-refractivity contribution in [2.45, 2.75) is 6.92 Å². The van der Waals surface area contributed by atoms with Gasteiger partial charge in [-0.2, -0.15) is 0 Å². The van der Waals surface area contributed by atoms with Gasteiger partial charge in [-0.1, -0.05) is 12.1 Å². The summed E-state index contributed by atoms with van der Waals surface area (Å²) in [5.41, 5.74) is 1.75. The summed E-state index contributed by atoms with van der Waals surface area (Å²) >= 11 is 3.31. The summed E-state index contributed by atoms with van der Waals surface area (Å²) in [5.74, 6) is 0.975. The molecule has 0 spiro atoms. The zero-order chi connectivity index (χ0) is 14.1. The first-order valence-corrected chi connectivity index (χ1v) is 6.92. The van der Waals surface area contributed by atoms with Crippen LogP contribution in [0.5, 0.6) is 11.5 Å². The van der Waals surface area contributed by atoms with Crippen molar-refractivity contribution in [3.8, 4) is 11.5 Å².